The maximum atomic E-state index is 11.2. The Labute approximate surface area is 164 Å². The van der Waals surface area contributed by atoms with Crippen molar-refractivity contribution in [2.75, 3.05) is 50.8 Å². The minimum absolute atomic E-state index is 0.0258. The zero-order valence-electron chi connectivity index (χ0n) is 16.4. The molecule has 0 radical (unpaired) electrons. The molecule has 3 heterocycles. The Morgan fingerprint density at radius 3 is 2.79 bits per heavy atom. The molecule has 0 aliphatic carbocycles. The molecule has 0 bridgehead atoms. The summed E-state index contributed by atoms with van der Waals surface area (Å²) >= 11 is 0. The molecule has 8 heteroatoms. The van der Waals surface area contributed by atoms with Crippen LogP contribution < -0.4 is 15.0 Å². The average Bonchev–Trinajstić information content (AvgIpc) is 2.70. The number of nitrogens with one attached hydrogen (secondary N) is 1. The van der Waals surface area contributed by atoms with Gasteiger partial charge in [-0.05, 0) is 32.0 Å². The SMILES string of the molecule is CC(C)Oc1ncnc2ccc(N3CCN(CC4CNC(=O)CO4)CC3)cc12. The molecule has 4 rings (SSSR count). The molecule has 1 atom stereocenters. The molecule has 2 fully saturated rings. The summed E-state index contributed by atoms with van der Waals surface area (Å²) in [5.41, 5.74) is 2.06. The van der Waals surface area contributed by atoms with Gasteiger partial charge in [-0.1, -0.05) is 0 Å². The van der Waals surface area contributed by atoms with Gasteiger partial charge >= 0.3 is 0 Å². The molecule has 2 aromatic rings. The quantitative estimate of drug-likeness (QED) is 0.824. The number of fused-ring (bicyclic) bond motifs is 1. The van der Waals surface area contributed by atoms with Gasteiger partial charge in [0.25, 0.3) is 0 Å². The highest BCUT2D eigenvalue weighted by atomic mass is 16.5. The van der Waals surface area contributed by atoms with Gasteiger partial charge in [-0.25, -0.2) is 9.97 Å². The first-order chi connectivity index (χ1) is 13.6. The summed E-state index contributed by atoms with van der Waals surface area (Å²) in [7, 11) is 0. The Morgan fingerprint density at radius 1 is 1.25 bits per heavy atom. The Hall–Kier alpha value is -2.45. The van der Waals surface area contributed by atoms with Crippen LogP contribution in [-0.2, 0) is 9.53 Å². The monoisotopic (exact) mass is 385 g/mol. The number of anilines is 1. The van der Waals surface area contributed by atoms with E-state index in [4.69, 9.17) is 9.47 Å². The van der Waals surface area contributed by atoms with Crippen molar-refractivity contribution >= 4 is 22.5 Å². The van der Waals surface area contributed by atoms with Gasteiger partial charge in [0.1, 0.15) is 12.9 Å². The summed E-state index contributed by atoms with van der Waals surface area (Å²) in [5, 5.41) is 3.81. The topological polar surface area (TPSA) is 79.8 Å². The van der Waals surface area contributed by atoms with Crippen LogP contribution in [-0.4, -0.2) is 78.9 Å². The zero-order valence-corrected chi connectivity index (χ0v) is 16.4. The van der Waals surface area contributed by atoms with Crippen molar-refractivity contribution in [1.29, 1.82) is 0 Å². The molecule has 1 N–H and O–H groups in total. The molecule has 0 saturated carbocycles. The molecular formula is C20H27N5O3. The average molecular weight is 385 g/mol. The molecule has 1 unspecified atom stereocenters. The lowest BCUT2D eigenvalue weighted by Gasteiger charge is -2.38. The molecule has 1 aromatic carbocycles. The second-order valence-corrected chi connectivity index (χ2v) is 7.57. The maximum absolute atomic E-state index is 11.2. The van der Waals surface area contributed by atoms with Gasteiger partial charge in [0.15, 0.2) is 0 Å². The van der Waals surface area contributed by atoms with Crippen LogP contribution in [0.5, 0.6) is 5.88 Å². The lowest BCUT2D eigenvalue weighted by atomic mass is 10.1. The third kappa shape index (κ3) is 4.34. The highest BCUT2D eigenvalue weighted by Crippen LogP contribution is 2.28. The van der Waals surface area contributed by atoms with Crippen molar-refractivity contribution in [2.24, 2.45) is 0 Å². The summed E-state index contributed by atoms with van der Waals surface area (Å²) in [6.45, 7) is 9.44. The largest absolute Gasteiger partial charge is 0.474 e. The van der Waals surface area contributed by atoms with Crippen molar-refractivity contribution in [1.82, 2.24) is 20.2 Å². The van der Waals surface area contributed by atoms with Crippen LogP contribution in [0.1, 0.15) is 13.8 Å². The predicted octanol–water partition coefficient (Wildman–Crippen LogP) is 1.05. The number of morpholine rings is 1. The van der Waals surface area contributed by atoms with Crippen molar-refractivity contribution in [2.45, 2.75) is 26.1 Å². The van der Waals surface area contributed by atoms with Gasteiger partial charge in [-0.2, -0.15) is 0 Å². The van der Waals surface area contributed by atoms with Crippen molar-refractivity contribution < 1.29 is 14.3 Å². The molecular weight excluding hydrogens is 358 g/mol. The van der Waals surface area contributed by atoms with Crippen LogP contribution >= 0.6 is 0 Å². The number of rotatable bonds is 5. The molecule has 28 heavy (non-hydrogen) atoms. The first-order valence-corrected chi connectivity index (χ1v) is 9.85. The number of hydrogen-bond acceptors (Lipinski definition) is 7. The molecule has 2 aliphatic rings. The zero-order chi connectivity index (χ0) is 19.5. The smallest absolute Gasteiger partial charge is 0.246 e. The second kappa shape index (κ2) is 8.28. The number of ether oxygens (including phenoxy) is 2. The van der Waals surface area contributed by atoms with E-state index in [0.29, 0.717) is 12.4 Å². The fourth-order valence-electron chi connectivity index (χ4n) is 3.66. The molecule has 0 spiro atoms. The van der Waals surface area contributed by atoms with E-state index in [1.807, 2.05) is 19.9 Å². The Kier molecular flexibility index (Phi) is 5.59. The van der Waals surface area contributed by atoms with Gasteiger partial charge in [0.05, 0.1) is 23.1 Å². The van der Waals surface area contributed by atoms with Crippen LogP contribution in [0, 0.1) is 0 Å². The van der Waals surface area contributed by atoms with Crippen LogP contribution in [0.2, 0.25) is 0 Å². The van der Waals surface area contributed by atoms with E-state index in [2.05, 4.69) is 37.2 Å². The third-order valence-corrected chi connectivity index (χ3v) is 5.11. The van der Waals surface area contributed by atoms with Crippen LogP contribution in [0.3, 0.4) is 0 Å². The highest BCUT2D eigenvalue weighted by Gasteiger charge is 2.24. The second-order valence-electron chi connectivity index (χ2n) is 7.57. The number of amides is 1. The maximum Gasteiger partial charge on any atom is 0.246 e. The van der Waals surface area contributed by atoms with E-state index < -0.39 is 0 Å². The normalized spacial score (nSPS) is 21.2. The number of benzene rings is 1. The number of nitrogens with zero attached hydrogens (tertiary/aromatic N) is 4. The van der Waals surface area contributed by atoms with E-state index in [0.717, 1.165) is 49.3 Å². The molecule has 8 nitrogen and oxygen atoms in total. The standard InChI is InChI=1S/C20H27N5O3/c1-14(2)28-20-17-9-15(3-4-18(17)22-13-23-20)25-7-5-24(6-8-25)11-16-10-21-19(26)12-27-16/h3-4,9,13-14,16H,5-8,10-12H2,1-2H3,(H,21,26). The number of carbonyl (C=O) groups is 1. The summed E-state index contributed by atoms with van der Waals surface area (Å²) in [6.07, 6.45) is 1.70. The van der Waals surface area contributed by atoms with Crippen molar-refractivity contribution in [3.05, 3.63) is 24.5 Å². The highest BCUT2D eigenvalue weighted by molar-refractivity contribution is 5.86. The van der Waals surface area contributed by atoms with Gasteiger partial charge in [0.2, 0.25) is 11.8 Å². The minimum atomic E-state index is -0.0258. The van der Waals surface area contributed by atoms with E-state index in [-0.39, 0.29) is 24.7 Å². The van der Waals surface area contributed by atoms with E-state index in [9.17, 15) is 4.79 Å². The predicted molar refractivity (Wildman–Crippen MR) is 107 cm³/mol. The molecule has 2 saturated heterocycles. The number of carbonyl (C=O) groups excluding carboxylic acids is 1. The summed E-state index contributed by atoms with van der Waals surface area (Å²) in [4.78, 5) is 24.7. The van der Waals surface area contributed by atoms with Gasteiger partial charge in [0, 0.05) is 45.0 Å². The molecule has 150 valence electrons. The third-order valence-electron chi connectivity index (χ3n) is 5.11. The van der Waals surface area contributed by atoms with Crippen LogP contribution in [0.15, 0.2) is 24.5 Å². The van der Waals surface area contributed by atoms with Crippen LogP contribution in [0.25, 0.3) is 10.9 Å². The summed E-state index contributed by atoms with van der Waals surface area (Å²) in [6, 6.07) is 6.27. The molecule has 1 amide bonds. The van der Waals surface area contributed by atoms with E-state index >= 15 is 0 Å². The van der Waals surface area contributed by atoms with Gasteiger partial charge in [-0.15, -0.1) is 0 Å². The van der Waals surface area contributed by atoms with Gasteiger partial charge < -0.3 is 19.7 Å². The number of hydrogen-bond donors (Lipinski definition) is 1. The number of aromatic nitrogens is 2. The van der Waals surface area contributed by atoms with Crippen molar-refractivity contribution in [3.8, 4) is 5.88 Å². The Balaban J connectivity index is 1.40. The molecule has 1 aromatic heterocycles. The lowest BCUT2D eigenvalue weighted by Crippen LogP contribution is -2.52. The summed E-state index contributed by atoms with van der Waals surface area (Å²) in [5.74, 6) is 0.610. The van der Waals surface area contributed by atoms with Crippen molar-refractivity contribution in [3.63, 3.8) is 0 Å². The lowest BCUT2D eigenvalue weighted by molar-refractivity contribution is -0.133. The van der Waals surface area contributed by atoms with Gasteiger partial charge in [-0.3, -0.25) is 9.69 Å². The minimum Gasteiger partial charge on any atom is -0.474 e. The first-order valence-electron chi connectivity index (χ1n) is 9.85. The fourth-order valence-corrected chi connectivity index (χ4v) is 3.66. The Morgan fingerprint density at radius 2 is 2.07 bits per heavy atom. The fraction of sp³-hybridized carbons (Fsp3) is 0.550. The van der Waals surface area contributed by atoms with Crippen LogP contribution in [0.4, 0.5) is 5.69 Å². The first kappa shape index (κ1) is 18.9. The molecule has 2 aliphatic heterocycles. The van der Waals surface area contributed by atoms with E-state index in [1.54, 1.807) is 6.33 Å². The Bertz CT molecular complexity index is 826. The van der Waals surface area contributed by atoms with E-state index in [1.165, 1.54) is 0 Å². The number of piperazine rings is 1. The summed E-state index contributed by atoms with van der Waals surface area (Å²) < 4.78 is 11.5.